The van der Waals surface area contributed by atoms with E-state index in [4.69, 9.17) is 14.2 Å². The van der Waals surface area contributed by atoms with Gasteiger partial charge >= 0.3 is 5.97 Å². The Bertz CT molecular complexity index is 886. The minimum absolute atomic E-state index is 0.106. The molecule has 3 aromatic rings. The van der Waals surface area contributed by atoms with E-state index in [0.717, 1.165) is 21.1 Å². The molecule has 1 aliphatic heterocycles. The molecule has 27 heavy (non-hydrogen) atoms. The third-order valence-corrected chi connectivity index (χ3v) is 5.29. The Hall–Kier alpha value is -2.80. The van der Waals surface area contributed by atoms with E-state index in [2.05, 4.69) is 16.0 Å². The summed E-state index contributed by atoms with van der Waals surface area (Å²) in [5.41, 5.74) is 1.00. The molecule has 1 aromatic heterocycles. The van der Waals surface area contributed by atoms with Crippen LogP contribution in [-0.4, -0.2) is 43.4 Å². The molecule has 2 aromatic carbocycles. The van der Waals surface area contributed by atoms with E-state index in [9.17, 15) is 4.79 Å². The monoisotopic (exact) mass is 384 g/mol. The lowest BCUT2D eigenvalue weighted by atomic mass is 10.2. The van der Waals surface area contributed by atoms with Crippen molar-refractivity contribution in [1.82, 2.24) is 4.98 Å². The van der Waals surface area contributed by atoms with Crippen LogP contribution in [0.2, 0.25) is 0 Å². The number of benzene rings is 2. The predicted octanol–water partition coefficient (Wildman–Crippen LogP) is 3.51. The van der Waals surface area contributed by atoms with Crippen molar-refractivity contribution in [3.63, 3.8) is 0 Å². The number of esters is 1. The Morgan fingerprint density at radius 3 is 2.52 bits per heavy atom. The van der Waals surface area contributed by atoms with Gasteiger partial charge in [0.05, 0.1) is 29.9 Å². The summed E-state index contributed by atoms with van der Waals surface area (Å²) in [6, 6.07) is 15.2. The van der Waals surface area contributed by atoms with Crippen molar-refractivity contribution in [1.29, 1.82) is 0 Å². The SMILES string of the molecule is CCOc1ccc(OCC(=O)OC2CN(c3nc4ccccc4s3)C2)cc1. The smallest absolute Gasteiger partial charge is 0.344 e. The average Bonchev–Trinajstić information content (AvgIpc) is 3.07. The van der Waals surface area contributed by atoms with Crippen LogP contribution in [0.1, 0.15) is 6.92 Å². The first kappa shape index (κ1) is 17.6. The van der Waals surface area contributed by atoms with Crippen LogP contribution in [0.4, 0.5) is 5.13 Å². The number of nitrogens with zero attached hydrogens (tertiary/aromatic N) is 2. The lowest BCUT2D eigenvalue weighted by Crippen LogP contribution is -2.53. The quantitative estimate of drug-likeness (QED) is 0.581. The fourth-order valence-electron chi connectivity index (χ4n) is 2.83. The number of thiazole rings is 1. The van der Waals surface area contributed by atoms with Crippen LogP contribution in [0.25, 0.3) is 10.2 Å². The van der Waals surface area contributed by atoms with Gasteiger partial charge in [-0.3, -0.25) is 0 Å². The molecule has 1 fully saturated rings. The van der Waals surface area contributed by atoms with Gasteiger partial charge in [-0.15, -0.1) is 0 Å². The van der Waals surface area contributed by atoms with Crippen molar-refractivity contribution in [2.75, 3.05) is 31.2 Å². The fourth-order valence-corrected chi connectivity index (χ4v) is 3.81. The molecule has 1 saturated heterocycles. The lowest BCUT2D eigenvalue weighted by molar-refractivity contribution is -0.152. The van der Waals surface area contributed by atoms with Crippen LogP contribution >= 0.6 is 11.3 Å². The molecule has 7 heteroatoms. The van der Waals surface area contributed by atoms with E-state index >= 15 is 0 Å². The highest BCUT2D eigenvalue weighted by atomic mass is 32.1. The number of hydrogen-bond donors (Lipinski definition) is 0. The number of fused-ring (bicyclic) bond motifs is 1. The molecule has 6 nitrogen and oxygen atoms in total. The van der Waals surface area contributed by atoms with Gasteiger partial charge in [0.1, 0.15) is 17.6 Å². The molecule has 0 spiro atoms. The second-order valence-electron chi connectivity index (χ2n) is 6.17. The summed E-state index contributed by atoms with van der Waals surface area (Å²) in [5, 5.41) is 0.967. The number of carbonyl (C=O) groups excluding carboxylic acids is 1. The Kier molecular flexibility index (Phi) is 5.11. The van der Waals surface area contributed by atoms with Crippen LogP contribution in [0.15, 0.2) is 48.5 Å². The maximum Gasteiger partial charge on any atom is 0.344 e. The summed E-state index contributed by atoms with van der Waals surface area (Å²) in [4.78, 5) is 18.7. The summed E-state index contributed by atoms with van der Waals surface area (Å²) < 4.78 is 17.4. The predicted molar refractivity (Wildman–Crippen MR) is 105 cm³/mol. The molecular formula is C20H20N2O4S. The van der Waals surface area contributed by atoms with Gasteiger partial charge in [0, 0.05) is 0 Å². The first-order valence-corrected chi connectivity index (χ1v) is 9.68. The summed E-state index contributed by atoms with van der Waals surface area (Å²) in [5.74, 6) is 1.02. The van der Waals surface area contributed by atoms with Crippen LogP contribution in [0, 0.1) is 0 Å². The molecule has 4 rings (SSSR count). The van der Waals surface area contributed by atoms with Gasteiger partial charge in [0.15, 0.2) is 11.7 Å². The molecule has 0 amide bonds. The van der Waals surface area contributed by atoms with E-state index in [0.29, 0.717) is 25.4 Å². The highest BCUT2D eigenvalue weighted by Gasteiger charge is 2.32. The van der Waals surface area contributed by atoms with E-state index < -0.39 is 0 Å². The topological polar surface area (TPSA) is 60.9 Å². The molecule has 0 radical (unpaired) electrons. The van der Waals surface area contributed by atoms with E-state index in [1.54, 1.807) is 23.5 Å². The standard InChI is InChI=1S/C20H20N2O4S/c1-2-24-14-7-9-15(10-8-14)25-13-19(23)26-16-11-22(12-16)20-21-17-5-3-4-6-18(17)27-20/h3-10,16H,2,11-13H2,1H3. The second kappa shape index (κ2) is 7.84. The number of aromatic nitrogens is 1. The Morgan fingerprint density at radius 2 is 1.81 bits per heavy atom. The van der Waals surface area contributed by atoms with Gasteiger partial charge in [0.25, 0.3) is 0 Å². The molecule has 0 atom stereocenters. The minimum Gasteiger partial charge on any atom is -0.494 e. The summed E-state index contributed by atoms with van der Waals surface area (Å²) >= 11 is 1.65. The van der Waals surface area contributed by atoms with Gasteiger partial charge in [-0.2, -0.15) is 0 Å². The number of anilines is 1. The van der Waals surface area contributed by atoms with Crippen molar-refractivity contribution in [3.05, 3.63) is 48.5 Å². The highest BCUT2D eigenvalue weighted by molar-refractivity contribution is 7.22. The minimum atomic E-state index is -0.363. The Labute approximate surface area is 161 Å². The molecule has 0 saturated carbocycles. The van der Waals surface area contributed by atoms with Crippen LogP contribution in [0.3, 0.4) is 0 Å². The third-order valence-electron chi connectivity index (χ3n) is 4.19. The number of rotatable bonds is 7. The largest absolute Gasteiger partial charge is 0.494 e. The summed E-state index contributed by atoms with van der Waals surface area (Å²) in [6.45, 7) is 3.76. The van der Waals surface area contributed by atoms with Crippen molar-refractivity contribution in [2.45, 2.75) is 13.0 Å². The van der Waals surface area contributed by atoms with E-state index in [1.807, 2.05) is 37.3 Å². The van der Waals surface area contributed by atoms with Crippen LogP contribution in [-0.2, 0) is 9.53 Å². The average molecular weight is 384 g/mol. The second-order valence-corrected chi connectivity index (χ2v) is 7.18. The normalized spacial score (nSPS) is 14.0. The lowest BCUT2D eigenvalue weighted by Gasteiger charge is -2.38. The summed E-state index contributed by atoms with van der Waals surface area (Å²) in [7, 11) is 0. The first-order chi connectivity index (χ1) is 13.2. The number of carbonyl (C=O) groups is 1. The zero-order valence-electron chi connectivity index (χ0n) is 15.0. The molecule has 2 heterocycles. The van der Waals surface area contributed by atoms with Gasteiger partial charge in [0.2, 0.25) is 0 Å². The molecule has 0 unspecified atom stereocenters. The van der Waals surface area contributed by atoms with E-state index in [-0.39, 0.29) is 18.7 Å². The third kappa shape index (κ3) is 4.14. The molecular weight excluding hydrogens is 364 g/mol. The number of hydrogen-bond acceptors (Lipinski definition) is 7. The van der Waals surface area contributed by atoms with Gasteiger partial charge in [-0.1, -0.05) is 23.5 Å². The van der Waals surface area contributed by atoms with Crippen LogP contribution in [0.5, 0.6) is 11.5 Å². The van der Waals surface area contributed by atoms with Crippen molar-refractivity contribution < 1.29 is 19.0 Å². The van der Waals surface area contributed by atoms with Crippen molar-refractivity contribution in [2.24, 2.45) is 0 Å². The van der Waals surface area contributed by atoms with Crippen molar-refractivity contribution in [3.8, 4) is 11.5 Å². The van der Waals surface area contributed by atoms with E-state index in [1.165, 1.54) is 0 Å². The Balaban J connectivity index is 1.22. The first-order valence-electron chi connectivity index (χ1n) is 8.87. The zero-order valence-corrected chi connectivity index (χ0v) is 15.8. The number of ether oxygens (including phenoxy) is 3. The van der Waals surface area contributed by atoms with Crippen LogP contribution < -0.4 is 14.4 Å². The Morgan fingerprint density at radius 1 is 1.11 bits per heavy atom. The van der Waals surface area contributed by atoms with Gasteiger partial charge in [-0.05, 0) is 43.3 Å². The molecule has 0 bridgehead atoms. The van der Waals surface area contributed by atoms with Gasteiger partial charge < -0.3 is 19.1 Å². The molecule has 0 N–H and O–H groups in total. The molecule has 0 aliphatic carbocycles. The maximum atomic E-state index is 12.0. The number of para-hydroxylation sites is 1. The highest BCUT2D eigenvalue weighted by Crippen LogP contribution is 2.31. The fraction of sp³-hybridized carbons (Fsp3) is 0.300. The van der Waals surface area contributed by atoms with Gasteiger partial charge in [-0.25, -0.2) is 9.78 Å². The molecule has 140 valence electrons. The summed E-state index contributed by atoms with van der Waals surface area (Å²) in [6.07, 6.45) is -0.117. The molecule has 1 aliphatic rings. The zero-order chi connectivity index (χ0) is 18.6. The van der Waals surface area contributed by atoms with Crippen molar-refractivity contribution >= 4 is 32.7 Å². The maximum absolute atomic E-state index is 12.0.